The highest BCUT2D eigenvalue weighted by molar-refractivity contribution is 9.10. The molecule has 0 unspecified atom stereocenters. The highest BCUT2D eigenvalue weighted by Gasteiger charge is 2.30. The van der Waals surface area contributed by atoms with Crippen molar-refractivity contribution in [3.8, 4) is 17.2 Å². The number of benzene rings is 3. The molecule has 0 bridgehead atoms. The van der Waals surface area contributed by atoms with Crippen LogP contribution in [0.4, 0.5) is 0 Å². The van der Waals surface area contributed by atoms with Gasteiger partial charge in [0.25, 0.3) is 0 Å². The summed E-state index contributed by atoms with van der Waals surface area (Å²) in [4.78, 5) is 24.5. The van der Waals surface area contributed by atoms with Crippen molar-refractivity contribution < 1.29 is 28.5 Å². The number of Topliss-reactive ketones (excluding diaryl/α,β-unsaturated/α-hetero) is 1. The molecular weight excluding hydrogens is 488 g/mol. The second-order valence-electron chi connectivity index (χ2n) is 7.37. The Bertz CT molecular complexity index is 1260. The van der Waals surface area contributed by atoms with Crippen molar-refractivity contribution in [1.29, 1.82) is 0 Å². The van der Waals surface area contributed by atoms with Crippen LogP contribution in [0.5, 0.6) is 17.2 Å². The van der Waals surface area contributed by atoms with E-state index in [0.29, 0.717) is 35.0 Å². The molecule has 0 saturated heterocycles. The van der Waals surface area contributed by atoms with Gasteiger partial charge in [0.1, 0.15) is 23.9 Å². The average Bonchev–Trinajstić information content (AvgIpc) is 3.14. The van der Waals surface area contributed by atoms with E-state index in [2.05, 4.69) is 15.9 Å². The van der Waals surface area contributed by atoms with Crippen LogP contribution in [0.25, 0.3) is 6.08 Å². The quantitative estimate of drug-likeness (QED) is 0.312. The number of rotatable bonds is 6. The summed E-state index contributed by atoms with van der Waals surface area (Å²) < 4.78 is 22.9. The van der Waals surface area contributed by atoms with Crippen LogP contribution in [0, 0.1) is 6.92 Å². The number of ketones is 1. The highest BCUT2D eigenvalue weighted by atomic mass is 79.9. The summed E-state index contributed by atoms with van der Waals surface area (Å²) in [5.74, 6) is 1.37. The van der Waals surface area contributed by atoms with Gasteiger partial charge in [0.15, 0.2) is 5.76 Å². The average molecular weight is 509 g/mol. The Balaban J connectivity index is 1.54. The van der Waals surface area contributed by atoms with Gasteiger partial charge in [-0.1, -0.05) is 28.1 Å². The lowest BCUT2D eigenvalue weighted by Crippen LogP contribution is -2.02. The molecule has 0 N–H and O–H groups in total. The van der Waals surface area contributed by atoms with Crippen molar-refractivity contribution in [2.24, 2.45) is 0 Å². The standard InChI is InChI=1S/C26H21BrO6/c1-15-21(32-14-16-4-6-17(7-5-16)26(29)31-3)11-9-20-24(28)23(33-25(15)20)13-18-12-19(27)8-10-22(18)30-2/h4-13H,14H2,1-3H3/b23-13-. The molecule has 168 valence electrons. The van der Waals surface area contributed by atoms with Crippen molar-refractivity contribution in [2.45, 2.75) is 13.5 Å². The monoisotopic (exact) mass is 508 g/mol. The third kappa shape index (κ3) is 4.64. The normalized spacial score (nSPS) is 13.5. The van der Waals surface area contributed by atoms with E-state index in [1.165, 1.54) is 7.11 Å². The molecule has 0 radical (unpaired) electrons. The molecular formula is C26H21BrO6. The summed E-state index contributed by atoms with van der Waals surface area (Å²) in [6.07, 6.45) is 1.68. The third-order valence-corrected chi connectivity index (χ3v) is 5.78. The second kappa shape index (κ2) is 9.50. The molecule has 7 heteroatoms. The lowest BCUT2D eigenvalue weighted by Gasteiger charge is -2.12. The predicted octanol–water partition coefficient (Wildman–Crippen LogP) is 5.75. The molecule has 0 atom stereocenters. The Morgan fingerprint density at radius 3 is 2.45 bits per heavy atom. The minimum Gasteiger partial charge on any atom is -0.496 e. The Labute approximate surface area is 199 Å². The number of esters is 1. The van der Waals surface area contributed by atoms with Gasteiger partial charge < -0.3 is 18.9 Å². The molecule has 3 aromatic rings. The van der Waals surface area contributed by atoms with Gasteiger partial charge in [-0.3, -0.25) is 4.79 Å². The first-order valence-electron chi connectivity index (χ1n) is 10.1. The first-order valence-corrected chi connectivity index (χ1v) is 10.9. The molecule has 1 heterocycles. The number of hydrogen-bond acceptors (Lipinski definition) is 6. The first-order chi connectivity index (χ1) is 15.9. The number of fused-ring (bicyclic) bond motifs is 1. The van der Waals surface area contributed by atoms with E-state index in [0.717, 1.165) is 21.2 Å². The van der Waals surface area contributed by atoms with Crippen LogP contribution in [-0.2, 0) is 11.3 Å². The van der Waals surface area contributed by atoms with Crippen LogP contribution < -0.4 is 14.2 Å². The summed E-state index contributed by atoms with van der Waals surface area (Å²) in [6, 6.07) is 16.0. The molecule has 0 amide bonds. The smallest absolute Gasteiger partial charge is 0.337 e. The molecule has 6 nitrogen and oxygen atoms in total. The molecule has 0 saturated carbocycles. The van der Waals surface area contributed by atoms with E-state index in [9.17, 15) is 9.59 Å². The minimum absolute atomic E-state index is 0.194. The van der Waals surface area contributed by atoms with Crippen molar-refractivity contribution in [1.82, 2.24) is 0 Å². The molecule has 0 aliphatic carbocycles. The van der Waals surface area contributed by atoms with Gasteiger partial charge in [0.05, 0.1) is 25.3 Å². The fraction of sp³-hybridized carbons (Fsp3) is 0.154. The maximum absolute atomic E-state index is 12.9. The summed E-state index contributed by atoms with van der Waals surface area (Å²) >= 11 is 3.44. The Morgan fingerprint density at radius 1 is 1.03 bits per heavy atom. The van der Waals surface area contributed by atoms with E-state index in [4.69, 9.17) is 18.9 Å². The Hall–Kier alpha value is -3.58. The van der Waals surface area contributed by atoms with Crippen LogP contribution in [-0.4, -0.2) is 26.0 Å². The van der Waals surface area contributed by atoms with E-state index in [1.807, 2.05) is 25.1 Å². The van der Waals surface area contributed by atoms with Crippen LogP contribution in [0.2, 0.25) is 0 Å². The third-order valence-electron chi connectivity index (χ3n) is 5.28. The predicted molar refractivity (Wildman–Crippen MR) is 127 cm³/mol. The molecule has 1 aliphatic heterocycles. The second-order valence-corrected chi connectivity index (χ2v) is 8.28. The summed E-state index contributed by atoms with van der Waals surface area (Å²) in [6.45, 7) is 2.15. The van der Waals surface area contributed by atoms with Crippen molar-refractivity contribution >= 4 is 33.8 Å². The van der Waals surface area contributed by atoms with Crippen molar-refractivity contribution in [3.63, 3.8) is 0 Å². The molecule has 4 rings (SSSR count). The zero-order valence-electron chi connectivity index (χ0n) is 18.3. The highest BCUT2D eigenvalue weighted by Crippen LogP contribution is 2.40. The Kier molecular flexibility index (Phi) is 6.51. The van der Waals surface area contributed by atoms with Gasteiger partial charge in [-0.2, -0.15) is 0 Å². The lowest BCUT2D eigenvalue weighted by molar-refractivity contribution is 0.0600. The van der Waals surface area contributed by atoms with Gasteiger partial charge in [-0.05, 0) is 61.0 Å². The van der Waals surface area contributed by atoms with E-state index < -0.39 is 0 Å². The molecule has 0 spiro atoms. The molecule has 33 heavy (non-hydrogen) atoms. The minimum atomic E-state index is -0.386. The van der Waals surface area contributed by atoms with Gasteiger partial charge >= 0.3 is 5.97 Å². The maximum atomic E-state index is 12.9. The summed E-state index contributed by atoms with van der Waals surface area (Å²) in [5.41, 5.74) is 3.32. The van der Waals surface area contributed by atoms with Crippen molar-refractivity contribution in [3.05, 3.63) is 92.6 Å². The molecule has 1 aliphatic rings. The number of halogens is 1. The summed E-state index contributed by atoms with van der Waals surface area (Å²) in [5, 5.41) is 0. The largest absolute Gasteiger partial charge is 0.496 e. The number of carbonyl (C=O) groups excluding carboxylic acids is 2. The van der Waals surface area contributed by atoms with E-state index in [1.54, 1.807) is 49.6 Å². The van der Waals surface area contributed by atoms with Gasteiger partial charge in [0.2, 0.25) is 5.78 Å². The molecule has 0 fully saturated rings. The van der Waals surface area contributed by atoms with Crippen LogP contribution in [0.1, 0.15) is 37.4 Å². The van der Waals surface area contributed by atoms with Gasteiger partial charge in [0, 0.05) is 15.6 Å². The van der Waals surface area contributed by atoms with E-state index in [-0.39, 0.29) is 17.5 Å². The number of carbonyl (C=O) groups is 2. The van der Waals surface area contributed by atoms with Gasteiger partial charge in [-0.15, -0.1) is 0 Å². The zero-order chi connectivity index (χ0) is 23.5. The molecule has 0 aromatic heterocycles. The number of allylic oxidation sites excluding steroid dienone is 1. The van der Waals surface area contributed by atoms with Gasteiger partial charge in [-0.25, -0.2) is 4.79 Å². The first kappa shape index (κ1) is 22.6. The van der Waals surface area contributed by atoms with Crippen LogP contribution >= 0.6 is 15.9 Å². The fourth-order valence-corrected chi connectivity index (χ4v) is 3.88. The fourth-order valence-electron chi connectivity index (χ4n) is 3.50. The Morgan fingerprint density at radius 2 is 1.76 bits per heavy atom. The van der Waals surface area contributed by atoms with Crippen LogP contribution in [0.3, 0.4) is 0 Å². The number of methoxy groups -OCH3 is 2. The topological polar surface area (TPSA) is 71.1 Å². The maximum Gasteiger partial charge on any atom is 0.337 e. The molecule has 3 aromatic carbocycles. The number of hydrogen-bond donors (Lipinski definition) is 0. The lowest BCUT2D eigenvalue weighted by atomic mass is 10.1. The number of ether oxygens (including phenoxy) is 4. The summed E-state index contributed by atoms with van der Waals surface area (Å²) in [7, 11) is 2.92. The van der Waals surface area contributed by atoms with Crippen molar-refractivity contribution in [2.75, 3.05) is 14.2 Å². The zero-order valence-corrected chi connectivity index (χ0v) is 19.9. The SMILES string of the molecule is COC(=O)c1ccc(COc2ccc3c(c2C)O/C(=C\c2cc(Br)ccc2OC)C3=O)cc1. The van der Waals surface area contributed by atoms with E-state index >= 15 is 0 Å². The van der Waals surface area contributed by atoms with Crippen LogP contribution in [0.15, 0.2) is 64.8 Å².